The lowest BCUT2D eigenvalue weighted by Gasteiger charge is -2.37. The molecule has 1 aromatic carbocycles. The molecule has 0 saturated carbocycles. The van der Waals surface area contributed by atoms with Crippen LogP contribution in [0.5, 0.6) is 11.5 Å². The first-order valence-corrected chi connectivity index (χ1v) is 6.02. The maximum Gasteiger partial charge on any atom is 0.124 e. The number of likely N-dealkylation sites (N-methyl/N-ethyl adjacent to an activating group) is 1. The van der Waals surface area contributed by atoms with Gasteiger partial charge in [-0.1, -0.05) is 0 Å². The Labute approximate surface area is 110 Å². The van der Waals surface area contributed by atoms with E-state index < -0.39 is 5.54 Å². The second-order valence-electron chi connectivity index (χ2n) is 4.99. The molecule has 0 spiro atoms. The van der Waals surface area contributed by atoms with Crippen LogP contribution >= 0.6 is 0 Å². The van der Waals surface area contributed by atoms with Crippen molar-refractivity contribution in [2.24, 2.45) is 5.73 Å². The molecule has 0 heterocycles. The molecule has 0 amide bonds. The second-order valence-corrected chi connectivity index (χ2v) is 4.99. The normalized spacial score (nSPS) is 16.2. The molecule has 0 fully saturated rings. The van der Waals surface area contributed by atoms with E-state index in [1.165, 1.54) is 0 Å². The zero-order valence-electron chi connectivity index (χ0n) is 12.2. The molecule has 1 rings (SSSR count). The van der Waals surface area contributed by atoms with Crippen LogP contribution in [0, 0.1) is 0 Å². The van der Waals surface area contributed by atoms with Crippen molar-refractivity contribution >= 4 is 0 Å². The van der Waals surface area contributed by atoms with Gasteiger partial charge in [-0.15, -0.1) is 0 Å². The summed E-state index contributed by atoms with van der Waals surface area (Å²) in [5, 5.41) is 0. The average molecular weight is 252 g/mol. The summed E-state index contributed by atoms with van der Waals surface area (Å²) in [6.07, 6.45) is 0. The fourth-order valence-electron chi connectivity index (χ4n) is 2.00. The van der Waals surface area contributed by atoms with Gasteiger partial charge < -0.3 is 20.1 Å². The van der Waals surface area contributed by atoms with Crippen molar-refractivity contribution < 1.29 is 9.47 Å². The first-order chi connectivity index (χ1) is 8.34. The van der Waals surface area contributed by atoms with Crippen LogP contribution in [0.3, 0.4) is 0 Å². The number of rotatable bonds is 5. The topological polar surface area (TPSA) is 47.7 Å². The fraction of sp³-hybridized carbons (Fsp3) is 0.571. The summed E-state index contributed by atoms with van der Waals surface area (Å²) in [5.41, 5.74) is 6.93. The van der Waals surface area contributed by atoms with Gasteiger partial charge >= 0.3 is 0 Å². The van der Waals surface area contributed by atoms with Crippen LogP contribution in [0.4, 0.5) is 0 Å². The third-order valence-corrected chi connectivity index (χ3v) is 3.63. The second kappa shape index (κ2) is 5.59. The number of ether oxygens (including phenoxy) is 2. The summed E-state index contributed by atoms with van der Waals surface area (Å²) in [6, 6.07) is 5.87. The molecule has 0 aliphatic heterocycles. The van der Waals surface area contributed by atoms with Gasteiger partial charge in [0.1, 0.15) is 11.5 Å². The smallest absolute Gasteiger partial charge is 0.124 e. The lowest BCUT2D eigenvalue weighted by atomic mass is 9.85. The Balaban J connectivity index is 3.28. The van der Waals surface area contributed by atoms with Gasteiger partial charge in [-0.3, -0.25) is 0 Å². The van der Waals surface area contributed by atoms with Gasteiger partial charge in [0.2, 0.25) is 0 Å². The maximum atomic E-state index is 6.51. The molecular weight excluding hydrogens is 228 g/mol. The number of hydrogen-bond acceptors (Lipinski definition) is 4. The molecule has 2 unspecified atom stereocenters. The van der Waals surface area contributed by atoms with Crippen molar-refractivity contribution in [3.8, 4) is 11.5 Å². The Kier molecular flexibility index (Phi) is 4.59. The summed E-state index contributed by atoms with van der Waals surface area (Å²) in [7, 11) is 7.33. The highest BCUT2D eigenvalue weighted by Gasteiger charge is 2.33. The van der Waals surface area contributed by atoms with Crippen LogP contribution in [0.15, 0.2) is 18.2 Å². The van der Waals surface area contributed by atoms with Crippen LogP contribution < -0.4 is 15.2 Å². The number of nitrogens with two attached hydrogens (primary N) is 1. The van der Waals surface area contributed by atoms with Crippen LogP contribution in [0.25, 0.3) is 0 Å². The van der Waals surface area contributed by atoms with Gasteiger partial charge in [0, 0.05) is 11.6 Å². The standard InChI is InChI=1S/C14H24N2O2/c1-10(16(3)4)14(2,15)12-9-11(17-5)7-8-13(12)18-6/h7-10H,15H2,1-6H3. The Morgan fingerprint density at radius 1 is 1.22 bits per heavy atom. The Morgan fingerprint density at radius 2 is 1.83 bits per heavy atom. The molecule has 0 radical (unpaired) electrons. The van der Waals surface area contributed by atoms with Crippen molar-refractivity contribution in [1.82, 2.24) is 4.90 Å². The van der Waals surface area contributed by atoms with E-state index in [0.29, 0.717) is 0 Å². The quantitative estimate of drug-likeness (QED) is 0.868. The zero-order chi connectivity index (χ0) is 13.9. The van der Waals surface area contributed by atoms with Crippen molar-refractivity contribution in [2.45, 2.75) is 25.4 Å². The lowest BCUT2D eigenvalue weighted by Crippen LogP contribution is -2.50. The van der Waals surface area contributed by atoms with E-state index in [1.807, 2.05) is 39.2 Å². The van der Waals surface area contributed by atoms with Crippen LogP contribution in [0.1, 0.15) is 19.4 Å². The predicted octanol–water partition coefficient (Wildman–Crippen LogP) is 1.83. The van der Waals surface area contributed by atoms with Crippen molar-refractivity contribution in [3.05, 3.63) is 23.8 Å². The van der Waals surface area contributed by atoms with Crippen LogP contribution in [-0.4, -0.2) is 39.3 Å². The van der Waals surface area contributed by atoms with Gasteiger partial charge in [-0.25, -0.2) is 0 Å². The van der Waals surface area contributed by atoms with E-state index >= 15 is 0 Å². The van der Waals surface area contributed by atoms with Gasteiger partial charge in [0.15, 0.2) is 0 Å². The molecule has 1 aromatic rings. The molecule has 0 aliphatic carbocycles. The first-order valence-electron chi connectivity index (χ1n) is 6.02. The molecule has 0 saturated heterocycles. The van der Waals surface area contributed by atoms with E-state index in [-0.39, 0.29) is 6.04 Å². The molecular formula is C14H24N2O2. The molecule has 0 bridgehead atoms. The highest BCUT2D eigenvalue weighted by atomic mass is 16.5. The van der Waals surface area contributed by atoms with Crippen LogP contribution in [-0.2, 0) is 5.54 Å². The molecule has 4 heteroatoms. The minimum atomic E-state index is -0.524. The third-order valence-electron chi connectivity index (χ3n) is 3.63. The largest absolute Gasteiger partial charge is 0.497 e. The summed E-state index contributed by atoms with van der Waals surface area (Å²) in [4.78, 5) is 2.10. The molecule has 4 nitrogen and oxygen atoms in total. The highest BCUT2D eigenvalue weighted by Crippen LogP contribution is 2.34. The van der Waals surface area contributed by atoms with E-state index in [1.54, 1.807) is 14.2 Å². The molecule has 102 valence electrons. The molecule has 0 aromatic heterocycles. The van der Waals surface area contributed by atoms with Gasteiger partial charge in [0.05, 0.1) is 19.8 Å². The highest BCUT2D eigenvalue weighted by molar-refractivity contribution is 5.45. The number of benzene rings is 1. The third kappa shape index (κ3) is 2.76. The molecule has 18 heavy (non-hydrogen) atoms. The fourth-order valence-corrected chi connectivity index (χ4v) is 2.00. The summed E-state index contributed by atoms with van der Waals surface area (Å²) in [5.74, 6) is 1.57. The van der Waals surface area contributed by atoms with Crippen molar-refractivity contribution in [3.63, 3.8) is 0 Å². The summed E-state index contributed by atoms with van der Waals surface area (Å²) < 4.78 is 10.7. The van der Waals surface area contributed by atoms with Gasteiger partial charge in [-0.2, -0.15) is 0 Å². The Bertz CT molecular complexity index is 403. The average Bonchev–Trinajstić information content (AvgIpc) is 2.36. The summed E-state index contributed by atoms with van der Waals surface area (Å²) >= 11 is 0. The van der Waals surface area contributed by atoms with E-state index in [4.69, 9.17) is 15.2 Å². The first kappa shape index (κ1) is 14.8. The van der Waals surface area contributed by atoms with E-state index in [9.17, 15) is 0 Å². The van der Waals surface area contributed by atoms with Crippen LogP contribution in [0.2, 0.25) is 0 Å². The molecule has 2 atom stereocenters. The monoisotopic (exact) mass is 252 g/mol. The van der Waals surface area contributed by atoms with Gasteiger partial charge in [-0.05, 0) is 46.1 Å². The number of nitrogens with zero attached hydrogens (tertiary/aromatic N) is 1. The lowest BCUT2D eigenvalue weighted by molar-refractivity contribution is 0.202. The molecule has 0 aliphatic rings. The number of hydrogen-bond donors (Lipinski definition) is 1. The maximum absolute atomic E-state index is 6.51. The SMILES string of the molecule is COc1ccc(OC)c(C(C)(N)C(C)N(C)C)c1. The van der Waals surface area contributed by atoms with Crippen molar-refractivity contribution in [2.75, 3.05) is 28.3 Å². The zero-order valence-corrected chi connectivity index (χ0v) is 12.2. The van der Waals surface area contributed by atoms with Gasteiger partial charge in [0.25, 0.3) is 0 Å². The Hall–Kier alpha value is -1.26. The van der Waals surface area contributed by atoms with E-state index in [0.717, 1.165) is 17.1 Å². The summed E-state index contributed by atoms with van der Waals surface area (Å²) in [6.45, 7) is 4.11. The minimum Gasteiger partial charge on any atom is -0.497 e. The Morgan fingerprint density at radius 3 is 2.28 bits per heavy atom. The van der Waals surface area contributed by atoms with Crippen molar-refractivity contribution in [1.29, 1.82) is 0 Å². The predicted molar refractivity (Wildman–Crippen MR) is 74.2 cm³/mol. The molecule has 2 N–H and O–H groups in total. The number of methoxy groups -OCH3 is 2. The minimum absolute atomic E-state index is 0.165. The van der Waals surface area contributed by atoms with E-state index in [2.05, 4.69) is 11.8 Å².